The average Bonchev–Trinajstić information content (AvgIpc) is 2.47. The second-order valence-corrected chi connectivity index (χ2v) is 5.68. The van der Waals surface area contributed by atoms with E-state index < -0.39 is 4.92 Å². The molecule has 1 amide bonds. The first-order chi connectivity index (χ1) is 10.0. The summed E-state index contributed by atoms with van der Waals surface area (Å²) in [6.07, 6.45) is 1.88. The molecule has 1 fully saturated rings. The van der Waals surface area contributed by atoms with Crippen molar-refractivity contribution in [3.63, 3.8) is 0 Å². The predicted octanol–water partition coefficient (Wildman–Crippen LogP) is 2.74. The highest BCUT2D eigenvalue weighted by atomic mass is 35.5. The number of piperidine rings is 1. The lowest BCUT2D eigenvalue weighted by atomic mass is 9.96. The minimum absolute atomic E-state index is 0. The number of rotatable bonds is 4. The number of benzene rings is 1. The molecule has 1 aromatic carbocycles. The smallest absolute Gasteiger partial charge is 0.271 e. The zero-order valence-electron chi connectivity index (χ0n) is 12.3. The van der Waals surface area contributed by atoms with E-state index in [1.165, 1.54) is 18.2 Å². The molecule has 0 bridgehead atoms. The fourth-order valence-corrected chi connectivity index (χ4v) is 2.84. The third kappa shape index (κ3) is 4.56. The number of likely N-dealkylation sites (tertiary alicyclic amines) is 1. The van der Waals surface area contributed by atoms with Crippen LogP contribution in [0.3, 0.4) is 0 Å². The quantitative estimate of drug-likeness (QED) is 0.671. The van der Waals surface area contributed by atoms with Crippen LogP contribution in [0.1, 0.15) is 23.2 Å². The molecule has 8 heteroatoms. The van der Waals surface area contributed by atoms with Gasteiger partial charge in [0.25, 0.3) is 11.6 Å². The van der Waals surface area contributed by atoms with Gasteiger partial charge in [-0.2, -0.15) is 0 Å². The van der Waals surface area contributed by atoms with E-state index in [2.05, 4.69) is 5.32 Å². The summed E-state index contributed by atoms with van der Waals surface area (Å²) in [4.78, 5) is 24.5. The predicted molar refractivity (Wildman–Crippen MR) is 87.9 cm³/mol. The fourth-order valence-electron chi connectivity index (χ4n) is 2.61. The van der Waals surface area contributed by atoms with Gasteiger partial charge in [0, 0.05) is 35.8 Å². The summed E-state index contributed by atoms with van der Waals surface area (Å²) in [6.45, 7) is 2.29. The monoisotopic (exact) mass is 347 g/mol. The number of nitrogens with zero attached hydrogens (tertiary/aromatic N) is 2. The number of carbonyl (C=O) groups excluding carboxylic acids is 1. The minimum atomic E-state index is -0.540. The highest BCUT2D eigenvalue weighted by Gasteiger charge is 2.24. The number of nitro groups is 1. The summed E-state index contributed by atoms with van der Waals surface area (Å²) < 4.78 is 0. The van der Waals surface area contributed by atoms with E-state index in [4.69, 9.17) is 11.6 Å². The number of non-ortho nitro benzene ring substituents is 1. The largest absolute Gasteiger partial charge is 0.339 e. The Labute approximate surface area is 140 Å². The molecule has 22 heavy (non-hydrogen) atoms. The SMILES string of the molecule is CNCC1CCN(C(=O)c2cc(Cl)cc([N+](=O)[O-])c2)CC1.Cl. The molecule has 1 heterocycles. The van der Waals surface area contributed by atoms with Crippen LogP contribution in [-0.4, -0.2) is 42.4 Å². The molecular formula is C14H19Cl2N3O3. The van der Waals surface area contributed by atoms with Gasteiger partial charge in [-0.1, -0.05) is 11.6 Å². The summed E-state index contributed by atoms with van der Waals surface area (Å²) >= 11 is 5.86. The molecule has 1 N–H and O–H groups in total. The zero-order valence-corrected chi connectivity index (χ0v) is 13.8. The van der Waals surface area contributed by atoms with Crippen LogP contribution in [0.25, 0.3) is 0 Å². The fraction of sp³-hybridized carbons (Fsp3) is 0.500. The lowest BCUT2D eigenvalue weighted by Crippen LogP contribution is -2.40. The first kappa shape index (κ1) is 18.7. The van der Waals surface area contributed by atoms with Crippen molar-refractivity contribution in [3.8, 4) is 0 Å². The number of nitro benzene ring substituents is 1. The molecule has 0 atom stereocenters. The Hall–Kier alpha value is -1.37. The Kier molecular flexibility index (Phi) is 7.06. The number of halogens is 2. The maximum Gasteiger partial charge on any atom is 0.271 e. The van der Waals surface area contributed by atoms with Gasteiger partial charge in [-0.3, -0.25) is 14.9 Å². The maximum atomic E-state index is 12.4. The van der Waals surface area contributed by atoms with Gasteiger partial charge in [-0.15, -0.1) is 12.4 Å². The Balaban J connectivity index is 0.00000242. The van der Waals surface area contributed by atoms with Gasteiger partial charge >= 0.3 is 0 Å². The average molecular weight is 348 g/mol. The lowest BCUT2D eigenvalue weighted by molar-refractivity contribution is -0.384. The number of hydrogen-bond donors (Lipinski definition) is 1. The van der Waals surface area contributed by atoms with Crippen LogP contribution in [0.15, 0.2) is 18.2 Å². The van der Waals surface area contributed by atoms with E-state index in [0.717, 1.165) is 19.4 Å². The second kappa shape index (κ2) is 8.31. The van der Waals surface area contributed by atoms with Crippen LogP contribution in [0.2, 0.25) is 5.02 Å². The van der Waals surface area contributed by atoms with Gasteiger partial charge in [0.1, 0.15) is 0 Å². The molecule has 0 aromatic heterocycles. The van der Waals surface area contributed by atoms with Gasteiger partial charge in [-0.05, 0) is 38.4 Å². The Morgan fingerprint density at radius 1 is 1.41 bits per heavy atom. The van der Waals surface area contributed by atoms with E-state index in [9.17, 15) is 14.9 Å². The molecule has 1 aliphatic heterocycles. The number of nitrogens with one attached hydrogen (secondary N) is 1. The summed E-state index contributed by atoms with van der Waals surface area (Å²) in [5.74, 6) is 0.385. The van der Waals surface area contributed by atoms with Crippen molar-refractivity contribution in [2.45, 2.75) is 12.8 Å². The number of hydrogen-bond acceptors (Lipinski definition) is 4. The lowest BCUT2D eigenvalue weighted by Gasteiger charge is -2.32. The van der Waals surface area contributed by atoms with E-state index in [1.54, 1.807) is 4.90 Å². The van der Waals surface area contributed by atoms with Crippen molar-refractivity contribution in [1.29, 1.82) is 0 Å². The molecule has 0 unspecified atom stereocenters. The molecule has 0 radical (unpaired) electrons. The maximum absolute atomic E-state index is 12.4. The van der Waals surface area contributed by atoms with Crippen LogP contribution >= 0.6 is 24.0 Å². The Bertz CT molecular complexity index is 546. The van der Waals surface area contributed by atoms with Crippen molar-refractivity contribution in [3.05, 3.63) is 38.9 Å². The molecule has 2 rings (SSSR count). The Morgan fingerprint density at radius 3 is 2.59 bits per heavy atom. The first-order valence-electron chi connectivity index (χ1n) is 6.90. The van der Waals surface area contributed by atoms with Gasteiger partial charge in [-0.25, -0.2) is 0 Å². The van der Waals surface area contributed by atoms with E-state index >= 15 is 0 Å². The van der Waals surface area contributed by atoms with E-state index in [-0.39, 0.29) is 34.6 Å². The van der Waals surface area contributed by atoms with Gasteiger partial charge in [0.05, 0.1) is 4.92 Å². The zero-order chi connectivity index (χ0) is 15.4. The van der Waals surface area contributed by atoms with Gasteiger partial charge in [0.2, 0.25) is 0 Å². The minimum Gasteiger partial charge on any atom is -0.339 e. The summed E-state index contributed by atoms with van der Waals surface area (Å²) in [5.41, 5.74) is 0.122. The molecular weight excluding hydrogens is 329 g/mol. The summed E-state index contributed by atoms with van der Waals surface area (Å²) in [6, 6.07) is 4.02. The Morgan fingerprint density at radius 2 is 2.05 bits per heavy atom. The third-order valence-electron chi connectivity index (χ3n) is 3.73. The molecule has 122 valence electrons. The molecule has 1 saturated heterocycles. The molecule has 0 spiro atoms. The van der Waals surface area contributed by atoms with Crippen molar-refractivity contribution in [2.24, 2.45) is 5.92 Å². The number of carbonyl (C=O) groups is 1. The second-order valence-electron chi connectivity index (χ2n) is 5.25. The highest BCUT2D eigenvalue weighted by Crippen LogP contribution is 2.24. The van der Waals surface area contributed by atoms with Crippen molar-refractivity contribution < 1.29 is 9.72 Å². The van der Waals surface area contributed by atoms with Gasteiger partial charge in [0.15, 0.2) is 0 Å². The first-order valence-corrected chi connectivity index (χ1v) is 7.28. The van der Waals surface area contributed by atoms with Crippen molar-refractivity contribution in [1.82, 2.24) is 10.2 Å². The topological polar surface area (TPSA) is 75.5 Å². The molecule has 0 aliphatic carbocycles. The summed E-state index contributed by atoms with van der Waals surface area (Å²) in [5, 5.41) is 14.2. The van der Waals surface area contributed by atoms with Crippen LogP contribution < -0.4 is 5.32 Å². The standard InChI is InChI=1S/C14H18ClN3O3.ClH/c1-16-9-10-2-4-17(5-3-10)14(19)11-6-12(15)8-13(7-11)18(20)21;/h6-8,10,16H,2-5,9H2,1H3;1H. The van der Waals surface area contributed by atoms with Crippen molar-refractivity contribution in [2.75, 3.05) is 26.7 Å². The van der Waals surface area contributed by atoms with E-state index in [0.29, 0.717) is 19.0 Å². The normalized spacial score (nSPS) is 15.3. The third-order valence-corrected chi connectivity index (χ3v) is 3.95. The molecule has 0 saturated carbocycles. The van der Waals surface area contributed by atoms with E-state index in [1.807, 2.05) is 7.05 Å². The summed E-state index contributed by atoms with van der Waals surface area (Å²) in [7, 11) is 1.92. The molecule has 6 nitrogen and oxygen atoms in total. The number of amides is 1. The van der Waals surface area contributed by atoms with Crippen LogP contribution in [-0.2, 0) is 0 Å². The highest BCUT2D eigenvalue weighted by molar-refractivity contribution is 6.31. The van der Waals surface area contributed by atoms with Crippen LogP contribution in [0.5, 0.6) is 0 Å². The van der Waals surface area contributed by atoms with Gasteiger partial charge < -0.3 is 10.2 Å². The van der Waals surface area contributed by atoms with Crippen LogP contribution in [0, 0.1) is 16.0 Å². The van der Waals surface area contributed by atoms with Crippen LogP contribution in [0.4, 0.5) is 5.69 Å². The van der Waals surface area contributed by atoms with Crippen molar-refractivity contribution >= 4 is 35.6 Å². The molecule has 1 aromatic rings. The molecule has 1 aliphatic rings.